The van der Waals surface area contributed by atoms with E-state index in [4.69, 9.17) is 23.7 Å². The number of fused-ring (bicyclic) bond motifs is 1. The highest BCUT2D eigenvalue weighted by atomic mass is 16.6. The van der Waals surface area contributed by atoms with Gasteiger partial charge in [-0.25, -0.2) is 0 Å². The van der Waals surface area contributed by atoms with Crippen LogP contribution in [0.15, 0.2) is 0 Å². The molecule has 0 saturated carbocycles. The molecule has 0 aromatic heterocycles. The summed E-state index contributed by atoms with van der Waals surface area (Å²) >= 11 is 0. The van der Waals surface area contributed by atoms with Crippen LogP contribution in [-0.4, -0.2) is 59.6 Å². The van der Waals surface area contributed by atoms with E-state index in [-0.39, 0.29) is 5.41 Å². The molecule has 1 unspecified atom stereocenters. The zero-order valence-electron chi connectivity index (χ0n) is 16.1. The van der Waals surface area contributed by atoms with Gasteiger partial charge in [0.2, 0.25) is 17.2 Å². The van der Waals surface area contributed by atoms with E-state index >= 15 is 0 Å². The monoisotopic (exact) mass is 351 g/mol. The third kappa shape index (κ3) is 2.76. The summed E-state index contributed by atoms with van der Waals surface area (Å²) in [6.45, 7) is 3.98. The molecule has 2 heterocycles. The number of hydrogen-bond acceptors (Lipinski definition) is 6. The standard InChI is InChI=1S/C19H29NO5/c1-19(10-12-8-7-9-20(12)2)11-25-15-13(19)14(21-3)16(22-4)18(24-6)17(15)23-5/h12H,7-11H2,1-6H3/t12-,19?/m1/s1. The normalized spacial score (nSPS) is 25.4. The van der Waals surface area contributed by atoms with Crippen molar-refractivity contribution in [3.63, 3.8) is 0 Å². The van der Waals surface area contributed by atoms with Crippen LogP contribution in [0.3, 0.4) is 0 Å². The van der Waals surface area contributed by atoms with Crippen molar-refractivity contribution in [2.75, 3.05) is 48.6 Å². The molecule has 0 aliphatic carbocycles. The van der Waals surface area contributed by atoms with Crippen molar-refractivity contribution in [2.45, 2.75) is 37.6 Å². The van der Waals surface area contributed by atoms with Crippen LogP contribution in [0, 0.1) is 0 Å². The van der Waals surface area contributed by atoms with Gasteiger partial charge >= 0.3 is 0 Å². The molecule has 140 valence electrons. The number of benzene rings is 1. The summed E-state index contributed by atoms with van der Waals surface area (Å²) in [7, 11) is 8.68. The topological polar surface area (TPSA) is 49.4 Å². The van der Waals surface area contributed by atoms with Crippen LogP contribution < -0.4 is 23.7 Å². The Balaban J connectivity index is 2.13. The Bertz CT molecular complexity index is 647. The zero-order chi connectivity index (χ0) is 18.2. The van der Waals surface area contributed by atoms with Crippen molar-refractivity contribution in [1.82, 2.24) is 4.90 Å². The van der Waals surface area contributed by atoms with Gasteiger partial charge in [-0.05, 0) is 32.9 Å². The Morgan fingerprint density at radius 2 is 1.60 bits per heavy atom. The Hall–Kier alpha value is -1.82. The molecular weight excluding hydrogens is 322 g/mol. The molecule has 0 radical (unpaired) electrons. The Morgan fingerprint density at radius 1 is 1.00 bits per heavy atom. The first-order chi connectivity index (χ1) is 12.0. The maximum Gasteiger partial charge on any atom is 0.211 e. The first kappa shape index (κ1) is 18.0. The van der Waals surface area contributed by atoms with Gasteiger partial charge in [-0.1, -0.05) is 6.92 Å². The number of likely N-dealkylation sites (tertiary alicyclic amines) is 1. The molecule has 2 aliphatic rings. The first-order valence-electron chi connectivity index (χ1n) is 8.74. The Labute approximate surface area is 149 Å². The van der Waals surface area contributed by atoms with Crippen molar-refractivity contribution in [3.05, 3.63) is 5.56 Å². The Kier molecular flexibility index (Phi) is 4.91. The summed E-state index contributed by atoms with van der Waals surface area (Å²) in [4.78, 5) is 2.44. The number of hydrogen-bond donors (Lipinski definition) is 0. The first-order valence-corrected chi connectivity index (χ1v) is 8.74. The van der Waals surface area contributed by atoms with E-state index in [9.17, 15) is 0 Å². The quantitative estimate of drug-likeness (QED) is 0.785. The van der Waals surface area contributed by atoms with Crippen LogP contribution in [-0.2, 0) is 5.41 Å². The molecule has 0 amide bonds. The lowest BCUT2D eigenvalue weighted by Crippen LogP contribution is -2.35. The van der Waals surface area contributed by atoms with Crippen LogP contribution in [0.2, 0.25) is 0 Å². The highest BCUT2D eigenvalue weighted by molar-refractivity contribution is 5.73. The molecule has 0 spiro atoms. The highest BCUT2D eigenvalue weighted by Gasteiger charge is 2.46. The summed E-state index contributed by atoms with van der Waals surface area (Å²) in [6.07, 6.45) is 3.47. The smallest absolute Gasteiger partial charge is 0.211 e. The molecule has 0 N–H and O–H groups in total. The average Bonchev–Trinajstić information content (AvgIpc) is 3.16. The number of nitrogens with zero attached hydrogens (tertiary/aromatic N) is 1. The molecule has 25 heavy (non-hydrogen) atoms. The van der Waals surface area contributed by atoms with E-state index in [1.54, 1.807) is 28.4 Å². The predicted molar refractivity (Wildman–Crippen MR) is 95.8 cm³/mol. The van der Waals surface area contributed by atoms with E-state index in [0.29, 0.717) is 41.4 Å². The van der Waals surface area contributed by atoms with E-state index in [1.165, 1.54) is 12.8 Å². The second-order valence-electron chi connectivity index (χ2n) is 7.17. The minimum absolute atomic E-state index is 0.170. The van der Waals surface area contributed by atoms with Gasteiger partial charge < -0.3 is 28.6 Å². The summed E-state index contributed by atoms with van der Waals surface area (Å²) in [5, 5.41) is 0. The zero-order valence-corrected chi connectivity index (χ0v) is 16.1. The molecule has 1 aromatic rings. The van der Waals surface area contributed by atoms with Crippen molar-refractivity contribution < 1.29 is 23.7 Å². The van der Waals surface area contributed by atoms with Gasteiger partial charge in [0.25, 0.3) is 0 Å². The van der Waals surface area contributed by atoms with Gasteiger partial charge in [-0.15, -0.1) is 0 Å². The molecule has 6 heteroatoms. The molecule has 1 saturated heterocycles. The average molecular weight is 351 g/mol. The molecule has 2 atom stereocenters. The van der Waals surface area contributed by atoms with Crippen molar-refractivity contribution >= 4 is 0 Å². The fourth-order valence-corrected chi connectivity index (χ4v) is 4.30. The minimum Gasteiger partial charge on any atom is -0.492 e. The lowest BCUT2D eigenvalue weighted by Gasteiger charge is -2.31. The number of methoxy groups -OCH3 is 4. The molecule has 3 rings (SSSR count). The molecule has 0 bridgehead atoms. The summed E-state index contributed by atoms with van der Waals surface area (Å²) in [6, 6.07) is 0.545. The highest BCUT2D eigenvalue weighted by Crippen LogP contribution is 2.60. The minimum atomic E-state index is -0.170. The number of ether oxygens (including phenoxy) is 5. The van der Waals surface area contributed by atoms with Gasteiger partial charge in [-0.3, -0.25) is 0 Å². The van der Waals surface area contributed by atoms with E-state index in [0.717, 1.165) is 18.5 Å². The summed E-state index contributed by atoms with van der Waals surface area (Å²) in [5.74, 6) is 3.01. The molecule has 6 nitrogen and oxygen atoms in total. The fourth-order valence-electron chi connectivity index (χ4n) is 4.30. The van der Waals surface area contributed by atoms with E-state index < -0.39 is 0 Å². The summed E-state index contributed by atoms with van der Waals surface area (Å²) in [5.41, 5.74) is 0.848. The predicted octanol–water partition coefficient (Wildman–Crippen LogP) is 2.86. The number of rotatable bonds is 6. The molecular formula is C19H29NO5. The van der Waals surface area contributed by atoms with Crippen LogP contribution in [0.25, 0.3) is 0 Å². The second kappa shape index (κ2) is 6.83. The van der Waals surface area contributed by atoms with Crippen molar-refractivity contribution in [3.8, 4) is 28.7 Å². The van der Waals surface area contributed by atoms with E-state index in [2.05, 4.69) is 18.9 Å². The molecule has 1 fully saturated rings. The van der Waals surface area contributed by atoms with Crippen molar-refractivity contribution in [1.29, 1.82) is 0 Å². The lowest BCUT2D eigenvalue weighted by atomic mass is 9.77. The third-order valence-corrected chi connectivity index (χ3v) is 5.59. The maximum absolute atomic E-state index is 6.11. The fraction of sp³-hybridized carbons (Fsp3) is 0.684. The van der Waals surface area contributed by atoms with Crippen molar-refractivity contribution in [2.24, 2.45) is 0 Å². The van der Waals surface area contributed by atoms with Crippen LogP contribution in [0.5, 0.6) is 28.7 Å². The van der Waals surface area contributed by atoms with Gasteiger partial charge in [0.1, 0.15) is 0 Å². The van der Waals surface area contributed by atoms with E-state index in [1.807, 2.05) is 0 Å². The lowest BCUT2D eigenvalue weighted by molar-refractivity contribution is 0.204. The third-order valence-electron chi connectivity index (χ3n) is 5.59. The van der Waals surface area contributed by atoms with Crippen LogP contribution >= 0.6 is 0 Å². The van der Waals surface area contributed by atoms with Gasteiger partial charge in [0.05, 0.1) is 40.6 Å². The SMILES string of the molecule is COc1c(OC)c(OC)c2c(c1OC)OCC2(C)C[C@H]1CCCN1C. The molecule has 1 aromatic carbocycles. The molecule has 2 aliphatic heterocycles. The van der Waals surface area contributed by atoms with Crippen LogP contribution in [0.4, 0.5) is 0 Å². The van der Waals surface area contributed by atoms with Gasteiger partial charge in [0, 0.05) is 11.5 Å². The largest absolute Gasteiger partial charge is 0.492 e. The maximum atomic E-state index is 6.11. The van der Waals surface area contributed by atoms with Crippen LogP contribution in [0.1, 0.15) is 31.7 Å². The van der Waals surface area contributed by atoms with Gasteiger partial charge in [0.15, 0.2) is 11.5 Å². The Morgan fingerprint density at radius 3 is 2.12 bits per heavy atom. The second-order valence-corrected chi connectivity index (χ2v) is 7.17. The van der Waals surface area contributed by atoms with Gasteiger partial charge in [-0.2, -0.15) is 0 Å². The summed E-state index contributed by atoms with van der Waals surface area (Å²) < 4.78 is 28.6.